The average molecular weight is 298 g/mol. The van der Waals surface area contributed by atoms with Gasteiger partial charge in [-0.2, -0.15) is 0 Å². The van der Waals surface area contributed by atoms with Crippen molar-refractivity contribution in [1.82, 2.24) is 5.32 Å². The second-order valence-corrected chi connectivity index (χ2v) is 5.59. The van der Waals surface area contributed by atoms with E-state index in [1.807, 2.05) is 0 Å². The third kappa shape index (κ3) is 4.09. The minimum atomic E-state index is 0.383. The lowest BCUT2D eigenvalue weighted by Gasteiger charge is -2.24. The van der Waals surface area contributed by atoms with Gasteiger partial charge in [0.25, 0.3) is 0 Å². The molecule has 1 aliphatic rings. The van der Waals surface area contributed by atoms with Gasteiger partial charge < -0.3 is 10.1 Å². The van der Waals surface area contributed by atoms with Crippen molar-refractivity contribution in [3.8, 4) is 0 Å². The van der Waals surface area contributed by atoms with E-state index in [0.29, 0.717) is 12.1 Å². The molecule has 0 spiro atoms. The zero-order chi connectivity index (χ0) is 12.1. The maximum atomic E-state index is 5.71. The Hall–Kier alpha value is -0.380. The van der Waals surface area contributed by atoms with Gasteiger partial charge in [0, 0.05) is 23.7 Å². The van der Waals surface area contributed by atoms with E-state index in [2.05, 4.69) is 52.4 Å². The molecule has 1 fully saturated rings. The third-order valence-electron chi connectivity index (χ3n) is 3.30. The Morgan fingerprint density at radius 3 is 2.76 bits per heavy atom. The first-order valence-corrected chi connectivity index (χ1v) is 7.15. The molecule has 0 saturated carbocycles. The summed E-state index contributed by atoms with van der Waals surface area (Å²) >= 11 is 3.46. The van der Waals surface area contributed by atoms with Crippen LogP contribution in [0.3, 0.4) is 0 Å². The Balaban J connectivity index is 1.80. The van der Waals surface area contributed by atoms with Crippen LogP contribution in [-0.2, 0) is 4.74 Å². The standard InChI is InChI=1S/C14H20BrNO/c1-11(12-5-7-13(15)8-6-12)16-10-14-4-2-3-9-17-14/h5-8,11,14,16H,2-4,9-10H2,1H3/t11-,14?/m1/s1. The van der Waals surface area contributed by atoms with Gasteiger partial charge in [0.2, 0.25) is 0 Å². The molecule has 1 heterocycles. The molecule has 1 saturated heterocycles. The number of halogens is 1. The lowest BCUT2D eigenvalue weighted by molar-refractivity contribution is 0.0156. The van der Waals surface area contributed by atoms with Crippen LogP contribution in [0, 0.1) is 0 Å². The molecule has 0 bridgehead atoms. The van der Waals surface area contributed by atoms with Crippen molar-refractivity contribution in [3.05, 3.63) is 34.3 Å². The molecule has 3 heteroatoms. The van der Waals surface area contributed by atoms with Gasteiger partial charge in [-0.05, 0) is 43.9 Å². The van der Waals surface area contributed by atoms with E-state index in [1.165, 1.54) is 24.8 Å². The Morgan fingerprint density at radius 1 is 1.35 bits per heavy atom. The molecule has 0 radical (unpaired) electrons. The summed E-state index contributed by atoms with van der Waals surface area (Å²) in [5.41, 5.74) is 1.32. The fraction of sp³-hybridized carbons (Fsp3) is 0.571. The Bertz CT molecular complexity index is 333. The molecule has 2 rings (SSSR count). The Morgan fingerprint density at radius 2 is 2.12 bits per heavy atom. The molecular formula is C14H20BrNO. The number of ether oxygens (including phenoxy) is 1. The molecule has 1 aliphatic heterocycles. The molecule has 94 valence electrons. The van der Waals surface area contributed by atoms with Crippen molar-refractivity contribution < 1.29 is 4.74 Å². The minimum Gasteiger partial charge on any atom is -0.377 e. The number of nitrogens with one attached hydrogen (secondary N) is 1. The molecule has 0 aromatic heterocycles. The van der Waals surface area contributed by atoms with Crippen LogP contribution >= 0.6 is 15.9 Å². The summed E-state index contributed by atoms with van der Waals surface area (Å²) in [6.07, 6.45) is 4.12. The summed E-state index contributed by atoms with van der Waals surface area (Å²) in [5, 5.41) is 3.55. The first-order valence-electron chi connectivity index (χ1n) is 6.36. The van der Waals surface area contributed by atoms with Crippen LogP contribution < -0.4 is 5.32 Å². The highest BCUT2D eigenvalue weighted by atomic mass is 79.9. The van der Waals surface area contributed by atoms with E-state index in [0.717, 1.165) is 17.6 Å². The lowest BCUT2D eigenvalue weighted by atomic mass is 10.1. The maximum Gasteiger partial charge on any atom is 0.0699 e. The van der Waals surface area contributed by atoms with Gasteiger partial charge in [-0.1, -0.05) is 28.1 Å². The van der Waals surface area contributed by atoms with Crippen molar-refractivity contribution in [3.63, 3.8) is 0 Å². The van der Waals surface area contributed by atoms with Crippen LogP contribution in [0.15, 0.2) is 28.7 Å². The largest absolute Gasteiger partial charge is 0.377 e. The molecule has 1 aromatic carbocycles. The summed E-state index contributed by atoms with van der Waals surface area (Å²) in [6.45, 7) is 4.09. The van der Waals surface area contributed by atoms with E-state index in [4.69, 9.17) is 4.74 Å². The van der Waals surface area contributed by atoms with Gasteiger partial charge in [-0.25, -0.2) is 0 Å². The van der Waals surface area contributed by atoms with Gasteiger partial charge in [-0.3, -0.25) is 0 Å². The summed E-state index contributed by atoms with van der Waals surface area (Å²) in [4.78, 5) is 0. The van der Waals surface area contributed by atoms with Crippen LogP contribution in [-0.4, -0.2) is 19.3 Å². The third-order valence-corrected chi connectivity index (χ3v) is 3.82. The highest BCUT2D eigenvalue weighted by molar-refractivity contribution is 9.10. The fourth-order valence-electron chi connectivity index (χ4n) is 2.15. The second kappa shape index (κ2) is 6.53. The van der Waals surface area contributed by atoms with Gasteiger partial charge in [0.05, 0.1) is 6.10 Å². The number of hydrogen-bond donors (Lipinski definition) is 1. The summed E-state index contributed by atoms with van der Waals surface area (Å²) in [5.74, 6) is 0. The second-order valence-electron chi connectivity index (χ2n) is 4.67. The quantitative estimate of drug-likeness (QED) is 0.916. The van der Waals surface area contributed by atoms with Crippen molar-refractivity contribution in [2.75, 3.05) is 13.2 Å². The topological polar surface area (TPSA) is 21.3 Å². The molecule has 1 unspecified atom stereocenters. The molecule has 1 aromatic rings. The SMILES string of the molecule is C[C@@H](NCC1CCCCO1)c1ccc(Br)cc1. The van der Waals surface area contributed by atoms with Crippen molar-refractivity contribution in [2.45, 2.75) is 38.3 Å². The molecule has 0 aliphatic carbocycles. The molecule has 0 amide bonds. The van der Waals surface area contributed by atoms with Gasteiger partial charge in [0.15, 0.2) is 0 Å². The number of hydrogen-bond acceptors (Lipinski definition) is 2. The van der Waals surface area contributed by atoms with Crippen molar-refractivity contribution in [2.24, 2.45) is 0 Å². The van der Waals surface area contributed by atoms with Crippen LogP contribution in [0.1, 0.15) is 37.8 Å². The van der Waals surface area contributed by atoms with Gasteiger partial charge in [-0.15, -0.1) is 0 Å². The highest BCUT2D eigenvalue weighted by Crippen LogP contribution is 2.17. The summed E-state index contributed by atoms with van der Waals surface area (Å²) in [6, 6.07) is 8.87. The molecule has 2 atom stereocenters. The molecule has 2 nitrogen and oxygen atoms in total. The fourth-order valence-corrected chi connectivity index (χ4v) is 2.41. The Kier molecular flexibility index (Phi) is 5.01. The minimum absolute atomic E-state index is 0.383. The van der Waals surface area contributed by atoms with E-state index in [-0.39, 0.29) is 0 Å². The van der Waals surface area contributed by atoms with Gasteiger partial charge >= 0.3 is 0 Å². The van der Waals surface area contributed by atoms with E-state index >= 15 is 0 Å². The van der Waals surface area contributed by atoms with E-state index in [1.54, 1.807) is 0 Å². The van der Waals surface area contributed by atoms with Gasteiger partial charge in [0.1, 0.15) is 0 Å². The van der Waals surface area contributed by atoms with Crippen LogP contribution in [0.25, 0.3) is 0 Å². The summed E-state index contributed by atoms with van der Waals surface area (Å²) < 4.78 is 6.84. The maximum absolute atomic E-state index is 5.71. The number of benzene rings is 1. The van der Waals surface area contributed by atoms with E-state index < -0.39 is 0 Å². The summed E-state index contributed by atoms with van der Waals surface area (Å²) in [7, 11) is 0. The van der Waals surface area contributed by atoms with Crippen LogP contribution in [0.5, 0.6) is 0 Å². The monoisotopic (exact) mass is 297 g/mol. The van der Waals surface area contributed by atoms with Crippen LogP contribution in [0.2, 0.25) is 0 Å². The van der Waals surface area contributed by atoms with Crippen molar-refractivity contribution in [1.29, 1.82) is 0 Å². The van der Waals surface area contributed by atoms with Crippen LogP contribution in [0.4, 0.5) is 0 Å². The Labute approximate surface area is 112 Å². The average Bonchev–Trinajstić information content (AvgIpc) is 2.38. The zero-order valence-electron chi connectivity index (χ0n) is 10.3. The lowest BCUT2D eigenvalue weighted by Crippen LogP contribution is -2.33. The first kappa shape index (κ1) is 13.1. The predicted molar refractivity (Wildman–Crippen MR) is 74.2 cm³/mol. The molecule has 1 N–H and O–H groups in total. The first-order chi connectivity index (χ1) is 8.25. The predicted octanol–water partition coefficient (Wildman–Crippen LogP) is 3.67. The smallest absolute Gasteiger partial charge is 0.0699 e. The molecule has 17 heavy (non-hydrogen) atoms. The van der Waals surface area contributed by atoms with E-state index in [9.17, 15) is 0 Å². The van der Waals surface area contributed by atoms with Crippen molar-refractivity contribution >= 4 is 15.9 Å². The molecular weight excluding hydrogens is 278 g/mol. The zero-order valence-corrected chi connectivity index (χ0v) is 11.9. The number of rotatable bonds is 4. The normalized spacial score (nSPS) is 22.4. The highest BCUT2D eigenvalue weighted by Gasteiger charge is 2.14.